The molecule has 1 saturated heterocycles. The number of carboxylic acids is 1. The van der Waals surface area contributed by atoms with Gasteiger partial charge in [-0.15, -0.1) is 0 Å². The van der Waals surface area contributed by atoms with Crippen LogP contribution in [0.1, 0.15) is 30.0 Å². The van der Waals surface area contributed by atoms with Crippen molar-refractivity contribution in [2.24, 2.45) is 5.92 Å². The van der Waals surface area contributed by atoms with E-state index in [1.54, 1.807) is 7.11 Å². The van der Waals surface area contributed by atoms with Crippen LogP contribution >= 0.6 is 0 Å². The first-order valence-corrected chi connectivity index (χ1v) is 9.37. The Bertz CT molecular complexity index is 748. The van der Waals surface area contributed by atoms with E-state index < -0.39 is 5.97 Å². The van der Waals surface area contributed by atoms with Crippen molar-refractivity contribution in [2.45, 2.75) is 18.9 Å². The number of benzene rings is 2. The fourth-order valence-corrected chi connectivity index (χ4v) is 3.76. The van der Waals surface area contributed by atoms with Crippen molar-refractivity contribution < 1.29 is 14.6 Å². The maximum absolute atomic E-state index is 11.3. The number of hydrogen-bond donors (Lipinski definition) is 1. The van der Waals surface area contributed by atoms with Crippen LogP contribution in [0.25, 0.3) is 0 Å². The molecule has 0 saturated carbocycles. The highest BCUT2D eigenvalue weighted by molar-refractivity contribution is 5.70. The summed E-state index contributed by atoms with van der Waals surface area (Å²) < 4.78 is 5.30. The lowest BCUT2D eigenvalue weighted by Gasteiger charge is -2.37. The van der Waals surface area contributed by atoms with E-state index in [1.807, 2.05) is 26.2 Å². The largest absolute Gasteiger partial charge is 0.497 e. The highest BCUT2D eigenvalue weighted by atomic mass is 16.5. The minimum atomic E-state index is -0.675. The van der Waals surface area contributed by atoms with Gasteiger partial charge in [0, 0.05) is 19.8 Å². The minimum Gasteiger partial charge on any atom is -0.497 e. The summed E-state index contributed by atoms with van der Waals surface area (Å²) in [6, 6.07) is 16.9. The number of carboxylic acid groups (broad SMARTS) is 1. The lowest BCUT2D eigenvalue weighted by molar-refractivity contribution is -0.143. The molecule has 5 heteroatoms. The van der Waals surface area contributed by atoms with Crippen LogP contribution in [0.2, 0.25) is 0 Å². The fraction of sp³-hybridized carbons (Fsp3) is 0.409. The summed E-state index contributed by atoms with van der Waals surface area (Å²) in [5.41, 5.74) is 3.58. The summed E-state index contributed by atoms with van der Waals surface area (Å²) in [7, 11) is 5.74. The second-order valence-electron chi connectivity index (χ2n) is 7.31. The third-order valence-corrected chi connectivity index (χ3v) is 5.40. The monoisotopic (exact) mass is 368 g/mol. The predicted molar refractivity (Wildman–Crippen MR) is 108 cm³/mol. The van der Waals surface area contributed by atoms with E-state index in [-0.39, 0.29) is 12.0 Å². The summed E-state index contributed by atoms with van der Waals surface area (Å²) in [5.74, 6) is -0.0649. The number of aliphatic carboxylic acids is 1. The van der Waals surface area contributed by atoms with E-state index in [1.165, 1.54) is 11.1 Å². The molecular weight excluding hydrogens is 340 g/mol. The lowest BCUT2D eigenvalue weighted by atomic mass is 9.91. The third-order valence-electron chi connectivity index (χ3n) is 5.40. The third kappa shape index (κ3) is 4.42. The van der Waals surface area contributed by atoms with E-state index in [2.05, 4.69) is 46.2 Å². The van der Waals surface area contributed by atoms with Crippen LogP contribution in [0.15, 0.2) is 48.5 Å². The topological polar surface area (TPSA) is 53.0 Å². The lowest BCUT2D eigenvalue weighted by Crippen LogP contribution is -2.39. The molecule has 0 bridgehead atoms. The van der Waals surface area contributed by atoms with Crippen LogP contribution in [-0.4, -0.2) is 50.3 Å². The number of ether oxygens (including phenoxy) is 1. The zero-order valence-electron chi connectivity index (χ0n) is 16.3. The molecule has 0 aromatic heterocycles. The van der Waals surface area contributed by atoms with Gasteiger partial charge in [-0.1, -0.05) is 24.3 Å². The van der Waals surface area contributed by atoms with Gasteiger partial charge in [-0.2, -0.15) is 0 Å². The van der Waals surface area contributed by atoms with Crippen molar-refractivity contribution in [3.05, 3.63) is 59.7 Å². The average molecular weight is 368 g/mol. The normalized spacial score (nSPS) is 16.7. The Morgan fingerprint density at radius 3 is 2.00 bits per heavy atom. The summed E-state index contributed by atoms with van der Waals surface area (Å²) >= 11 is 0. The van der Waals surface area contributed by atoms with Gasteiger partial charge in [0.25, 0.3) is 0 Å². The second-order valence-corrected chi connectivity index (χ2v) is 7.31. The molecule has 27 heavy (non-hydrogen) atoms. The Hall–Kier alpha value is -2.53. The number of carbonyl (C=O) groups is 1. The van der Waals surface area contributed by atoms with Crippen LogP contribution in [0, 0.1) is 5.92 Å². The van der Waals surface area contributed by atoms with Crippen molar-refractivity contribution in [3.63, 3.8) is 0 Å². The highest BCUT2D eigenvalue weighted by Crippen LogP contribution is 2.34. The Kier molecular flexibility index (Phi) is 6.01. The van der Waals surface area contributed by atoms with E-state index in [0.717, 1.165) is 24.5 Å². The molecular formula is C22H28N2O3. The first-order valence-electron chi connectivity index (χ1n) is 9.37. The molecule has 1 atom stereocenters. The molecule has 1 N–H and O–H groups in total. The van der Waals surface area contributed by atoms with Crippen molar-refractivity contribution in [1.29, 1.82) is 0 Å². The standard InChI is InChI=1S/C22H28N2O3/c1-23(2)19-8-4-16(5-9-19)21(17-6-10-20(27-3)11-7-17)24-14-12-18(13-15-24)22(25)26/h4-11,18,21H,12-15H2,1-3H3,(H,25,26). The van der Waals surface area contributed by atoms with Crippen molar-refractivity contribution in [2.75, 3.05) is 39.2 Å². The van der Waals surface area contributed by atoms with Gasteiger partial charge in [0.05, 0.1) is 19.1 Å². The van der Waals surface area contributed by atoms with E-state index in [0.29, 0.717) is 12.8 Å². The molecule has 1 aliphatic heterocycles. The van der Waals surface area contributed by atoms with Gasteiger partial charge >= 0.3 is 5.97 Å². The van der Waals surface area contributed by atoms with Crippen LogP contribution in [0.5, 0.6) is 5.75 Å². The molecule has 1 unspecified atom stereocenters. The Balaban J connectivity index is 1.90. The maximum Gasteiger partial charge on any atom is 0.306 e. The van der Waals surface area contributed by atoms with Gasteiger partial charge in [0.15, 0.2) is 0 Å². The van der Waals surface area contributed by atoms with E-state index in [4.69, 9.17) is 4.74 Å². The first-order chi connectivity index (χ1) is 13.0. The van der Waals surface area contributed by atoms with Crippen LogP contribution in [0.3, 0.4) is 0 Å². The molecule has 1 fully saturated rings. The van der Waals surface area contributed by atoms with Gasteiger partial charge in [-0.05, 0) is 61.3 Å². The molecule has 0 amide bonds. The molecule has 2 aromatic rings. The van der Waals surface area contributed by atoms with E-state index in [9.17, 15) is 9.90 Å². The van der Waals surface area contributed by atoms with Crippen LogP contribution < -0.4 is 9.64 Å². The molecule has 0 aliphatic carbocycles. The van der Waals surface area contributed by atoms with Crippen molar-refractivity contribution >= 4 is 11.7 Å². The van der Waals surface area contributed by atoms with E-state index >= 15 is 0 Å². The van der Waals surface area contributed by atoms with Gasteiger partial charge in [-0.25, -0.2) is 0 Å². The molecule has 1 aliphatic rings. The number of methoxy groups -OCH3 is 1. The molecule has 0 radical (unpaired) electrons. The number of rotatable bonds is 6. The summed E-state index contributed by atoms with van der Waals surface area (Å²) in [5, 5.41) is 9.30. The number of nitrogens with zero attached hydrogens (tertiary/aromatic N) is 2. The minimum absolute atomic E-state index is 0.113. The van der Waals surface area contributed by atoms with Crippen molar-refractivity contribution in [3.8, 4) is 5.75 Å². The Morgan fingerprint density at radius 1 is 1.04 bits per heavy atom. The number of likely N-dealkylation sites (tertiary alicyclic amines) is 1. The molecule has 3 rings (SSSR count). The summed E-state index contributed by atoms with van der Waals surface area (Å²) in [6.07, 6.45) is 1.38. The summed E-state index contributed by atoms with van der Waals surface area (Å²) in [6.45, 7) is 1.56. The van der Waals surface area contributed by atoms with Crippen LogP contribution in [-0.2, 0) is 4.79 Å². The maximum atomic E-state index is 11.3. The van der Waals surface area contributed by atoms with Gasteiger partial charge < -0.3 is 14.7 Å². The van der Waals surface area contributed by atoms with Gasteiger partial charge in [-0.3, -0.25) is 9.69 Å². The van der Waals surface area contributed by atoms with Gasteiger partial charge in [0.2, 0.25) is 0 Å². The number of anilines is 1. The average Bonchev–Trinajstić information content (AvgIpc) is 2.69. The zero-order valence-corrected chi connectivity index (χ0v) is 16.3. The quantitative estimate of drug-likeness (QED) is 0.843. The fourth-order valence-electron chi connectivity index (χ4n) is 3.76. The summed E-state index contributed by atoms with van der Waals surface area (Å²) in [4.78, 5) is 15.8. The second kappa shape index (κ2) is 8.44. The molecule has 2 aromatic carbocycles. The van der Waals surface area contributed by atoms with Gasteiger partial charge in [0.1, 0.15) is 5.75 Å². The molecule has 0 spiro atoms. The van der Waals surface area contributed by atoms with Crippen LogP contribution in [0.4, 0.5) is 5.69 Å². The van der Waals surface area contributed by atoms with Crippen molar-refractivity contribution in [1.82, 2.24) is 4.90 Å². The molecule has 1 heterocycles. The number of piperidine rings is 1. The molecule has 5 nitrogen and oxygen atoms in total. The Morgan fingerprint density at radius 2 is 1.56 bits per heavy atom. The predicted octanol–water partition coefficient (Wildman–Crippen LogP) is 3.65. The smallest absolute Gasteiger partial charge is 0.306 e. The Labute approximate surface area is 161 Å². The first kappa shape index (κ1) is 19.2. The zero-order chi connectivity index (χ0) is 19.4. The number of hydrogen-bond acceptors (Lipinski definition) is 4. The SMILES string of the molecule is COc1ccc(C(c2ccc(N(C)C)cc2)N2CCC(C(=O)O)CC2)cc1. The molecule has 144 valence electrons. The highest BCUT2D eigenvalue weighted by Gasteiger charge is 2.30.